The quantitative estimate of drug-likeness (QED) is 0.781. The van der Waals surface area contributed by atoms with Crippen LogP contribution in [0, 0.1) is 0 Å². The summed E-state index contributed by atoms with van der Waals surface area (Å²) >= 11 is 0. The maximum Gasteiger partial charge on any atom is 0.111 e. The first kappa shape index (κ1) is 13.8. The molecule has 0 saturated carbocycles. The third-order valence-corrected chi connectivity index (χ3v) is 3.70. The van der Waals surface area contributed by atoms with E-state index in [0.29, 0.717) is 6.42 Å². The number of rotatable bonds is 5. The van der Waals surface area contributed by atoms with Gasteiger partial charge in [-0.15, -0.1) is 0 Å². The Labute approximate surface area is 124 Å². The van der Waals surface area contributed by atoms with Gasteiger partial charge in [0, 0.05) is 48.7 Å². The van der Waals surface area contributed by atoms with Crippen LogP contribution in [-0.4, -0.2) is 19.6 Å². The maximum atomic E-state index is 10.6. The number of nitrogens with zero attached hydrogens (tertiary/aromatic N) is 3. The predicted molar refractivity (Wildman–Crippen MR) is 82.9 cm³/mol. The Hall–Kier alpha value is -2.20. The molecule has 0 spiro atoms. The SMILES string of the molecule is CCCn1ccnc1CC(O)c1cncc2ccccc12. The number of hydrogen-bond donors (Lipinski definition) is 1. The molecule has 0 aliphatic heterocycles. The van der Waals surface area contributed by atoms with Crippen LogP contribution in [-0.2, 0) is 13.0 Å². The predicted octanol–water partition coefficient (Wildman–Crippen LogP) is 3.12. The Bertz CT molecular complexity index is 730. The molecule has 2 heterocycles. The van der Waals surface area contributed by atoms with Crippen molar-refractivity contribution in [1.82, 2.24) is 14.5 Å². The molecule has 1 N–H and O–H groups in total. The number of imidazole rings is 1. The highest BCUT2D eigenvalue weighted by Crippen LogP contribution is 2.25. The van der Waals surface area contributed by atoms with Gasteiger partial charge in [0.2, 0.25) is 0 Å². The van der Waals surface area contributed by atoms with Gasteiger partial charge in [-0.05, 0) is 11.8 Å². The molecule has 0 radical (unpaired) electrons. The zero-order valence-electron chi connectivity index (χ0n) is 12.1. The molecular weight excluding hydrogens is 262 g/mol. The van der Waals surface area contributed by atoms with Gasteiger partial charge in [0.25, 0.3) is 0 Å². The van der Waals surface area contributed by atoms with Crippen molar-refractivity contribution in [2.45, 2.75) is 32.4 Å². The van der Waals surface area contributed by atoms with E-state index in [2.05, 4.69) is 21.5 Å². The van der Waals surface area contributed by atoms with Crippen LogP contribution >= 0.6 is 0 Å². The van der Waals surface area contributed by atoms with Crippen molar-refractivity contribution in [3.8, 4) is 0 Å². The first-order chi connectivity index (χ1) is 10.3. The lowest BCUT2D eigenvalue weighted by Crippen LogP contribution is -2.09. The first-order valence-corrected chi connectivity index (χ1v) is 7.30. The molecule has 0 amide bonds. The van der Waals surface area contributed by atoms with Gasteiger partial charge in [0.1, 0.15) is 5.82 Å². The Morgan fingerprint density at radius 2 is 2.10 bits per heavy atom. The van der Waals surface area contributed by atoms with E-state index >= 15 is 0 Å². The van der Waals surface area contributed by atoms with Gasteiger partial charge in [-0.3, -0.25) is 4.98 Å². The summed E-state index contributed by atoms with van der Waals surface area (Å²) in [6.45, 7) is 3.06. The second-order valence-corrected chi connectivity index (χ2v) is 5.21. The topological polar surface area (TPSA) is 50.9 Å². The molecule has 1 atom stereocenters. The summed E-state index contributed by atoms with van der Waals surface area (Å²) in [5.74, 6) is 0.914. The van der Waals surface area contributed by atoms with Crippen LogP contribution in [0.5, 0.6) is 0 Å². The van der Waals surface area contributed by atoms with Crippen LogP contribution in [0.4, 0.5) is 0 Å². The molecule has 3 rings (SSSR count). The molecule has 0 fully saturated rings. The van der Waals surface area contributed by atoms with Crippen LogP contribution in [0.1, 0.15) is 30.8 Å². The third-order valence-electron chi connectivity index (χ3n) is 3.70. The molecule has 1 aromatic carbocycles. The zero-order chi connectivity index (χ0) is 14.7. The normalized spacial score (nSPS) is 12.7. The van der Waals surface area contributed by atoms with Crippen molar-refractivity contribution in [3.05, 3.63) is 60.4 Å². The number of aryl methyl sites for hydroxylation is 1. The monoisotopic (exact) mass is 281 g/mol. The van der Waals surface area contributed by atoms with E-state index in [-0.39, 0.29) is 0 Å². The minimum Gasteiger partial charge on any atom is -0.388 e. The number of hydrogen-bond acceptors (Lipinski definition) is 3. The molecule has 0 aliphatic rings. The molecule has 3 aromatic rings. The number of aliphatic hydroxyl groups is 1. The van der Waals surface area contributed by atoms with Crippen LogP contribution in [0.2, 0.25) is 0 Å². The molecular formula is C17H19N3O. The zero-order valence-corrected chi connectivity index (χ0v) is 12.1. The summed E-state index contributed by atoms with van der Waals surface area (Å²) in [7, 11) is 0. The fraction of sp³-hybridized carbons (Fsp3) is 0.294. The molecule has 2 aromatic heterocycles. The van der Waals surface area contributed by atoms with Crippen molar-refractivity contribution in [1.29, 1.82) is 0 Å². The van der Waals surface area contributed by atoms with Crippen molar-refractivity contribution in [3.63, 3.8) is 0 Å². The van der Waals surface area contributed by atoms with Crippen LogP contribution in [0.25, 0.3) is 10.8 Å². The third kappa shape index (κ3) is 2.81. The van der Waals surface area contributed by atoms with Gasteiger partial charge in [0.05, 0.1) is 6.10 Å². The van der Waals surface area contributed by atoms with Crippen molar-refractivity contribution < 1.29 is 5.11 Å². The van der Waals surface area contributed by atoms with Crippen molar-refractivity contribution in [2.75, 3.05) is 0 Å². The largest absolute Gasteiger partial charge is 0.388 e. The second-order valence-electron chi connectivity index (χ2n) is 5.21. The molecule has 0 bridgehead atoms. The summed E-state index contributed by atoms with van der Waals surface area (Å²) < 4.78 is 2.10. The first-order valence-electron chi connectivity index (χ1n) is 7.30. The highest BCUT2D eigenvalue weighted by atomic mass is 16.3. The number of aromatic nitrogens is 3. The van der Waals surface area contributed by atoms with E-state index in [4.69, 9.17) is 0 Å². The van der Waals surface area contributed by atoms with E-state index in [9.17, 15) is 5.11 Å². The number of benzene rings is 1. The van der Waals surface area contributed by atoms with Crippen LogP contribution < -0.4 is 0 Å². The van der Waals surface area contributed by atoms with E-state index < -0.39 is 6.10 Å². The number of fused-ring (bicyclic) bond motifs is 1. The van der Waals surface area contributed by atoms with Gasteiger partial charge in [0.15, 0.2) is 0 Å². The maximum absolute atomic E-state index is 10.6. The average Bonchev–Trinajstić information content (AvgIpc) is 2.94. The van der Waals surface area contributed by atoms with Crippen molar-refractivity contribution in [2.24, 2.45) is 0 Å². The van der Waals surface area contributed by atoms with Gasteiger partial charge in [-0.2, -0.15) is 0 Å². The smallest absolute Gasteiger partial charge is 0.111 e. The Morgan fingerprint density at radius 3 is 2.95 bits per heavy atom. The highest BCUT2D eigenvalue weighted by molar-refractivity contribution is 5.84. The summed E-state index contributed by atoms with van der Waals surface area (Å²) in [6.07, 6.45) is 8.29. The van der Waals surface area contributed by atoms with E-state index in [1.54, 1.807) is 12.4 Å². The van der Waals surface area contributed by atoms with Crippen LogP contribution in [0.3, 0.4) is 0 Å². The van der Waals surface area contributed by atoms with E-state index in [1.165, 1.54) is 0 Å². The number of pyridine rings is 1. The second kappa shape index (κ2) is 6.06. The fourth-order valence-corrected chi connectivity index (χ4v) is 2.66. The van der Waals surface area contributed by atoms with Gasteiger partial charge in [-0.1, -0.05) is 31.2 Å². The molecule has 1 unspecified atom stereocenters. The molecule has 0 saturated heterocycles. The van der Waals surface area contributed by atoms with Gasteiger partial charge < -0.3 is 9.67 Å². The Kier molecular flexibility index (Phi) is 3.97. The standard InChI is InChI=1S/C17H19N3O/c1-2-8-20-9-7-19-17(20)10-16(21)15-12-18-11-13-5-3-4-6-14(13)15/h3-7,9,11-12,16,21H,2,8,10H2,1H3. The highest BCUT2D eigenvalue weighted by Gasteiger charge is 2.15. The molecule has 0 aliphatic carbocycles. The Balaban J connectivity index is 1.90. The lowest BCUT2D eigenvalue weighted by atomic mass is 10.0. The molecule has 4 nitrogen and oxygen atoms in total. The fourth-order valence-electron chi connectivity index (χ4n) is 2.66. The van der Waals surface area contributed by atoms with E-state index in [0.717, 1.165) is 35.1 Å². The molecule has 4 heteroatoms. The lowest BCUT2D eigenvalue weighted by molar-refractivity contribution is 0.175. The van der Waals surface area contributed by atoms with Crippen LogP contribution in [0.15, 0.2) is 49.1 Å². The van der Waals surface area contributed by atoms with Gasteiger partial charge >= 0.3 is 0 Å². The summed E-state index contributed by atoms with van der Waals surface area (Å²) in [4.78, 5) is 8.60. The molecule has 108 valence electrons. The Morgan fingerprint density at radius 1 is 1.24 bits per heavy atom. The van der Waals surface area contributed by atoms with Crippen molar-refractivity contribution >= 4 is 10.8 Å². The number of aliphatic hydroxyl groups excluding tert-OH is 1. The summed E-state index contributed by atoms with van der Waals surface area (Å²) in [6, 6.07) is 8.00. The molecule has 21 heavy (non-hydrogen) atoms. The summed E-state index contributed by atoms with van der Waals surface area (Å²) in [5.41, 5.74) is 0.860. The lowest BCUT2D eigenvalue weighted by Gasteiger charge is -2.14. The summed E-state index contributed by atoms with van der Waals surface area (Å²) in [5, 5.41) is 12.7. The average molecular weight is 281 g/mol. The minimum atomic E-state index is -0.596. The van der Waals surface area contributed by atoms with Gasteiger partial charge in [-0.25, -0.2) is 4.98 Å². The van der Waals surface area contributed by atoms with E-state index in [1.807, 2.05) is 36.7 Å². The minimum absolute atomic E-state index is 0.503.